The molecule has 0 aliphatic rings. The normalized spacial score (nSPS) is 10.5. The number of carbonyl (C=O) groups is 2. The lowest BCUT2D eigenvalue weighted by Gasteiger charge is -2.04. The van der Waals surface area contributed by atoms with Crippen molar-refractivity contribution in [2.45, 2.75) is 0 Å². The standard InChI is InChI=1S/C15H10N2O4/c18-14(12-5-6-13(21-12)15(19)20)17-10-7-9-3-1-2-4-11(9)16-8-10/h1-8H,(H,17,18)(H,19,20). The molecule has 3 rings (SSSR count). The zero-order valence-corrected chi connectivity index (χ0v) is 10.7. The van der Waals surface area contributed by atoms with Gasteiger partial charge in [-0.3, -0.25) is 9.78 Å². The molecule has 1 aromatic carbocycles. The number of furan rings is 1. The maximum absolute atomic E-state index is 12.0. The lowest BCUT2D eigenvalue weighted by molar-refractivity contribution is 0.0660. The second-order valence-corrected chi connectivity index (χ2v) is 4.34. The van der Waals surface area contributed by atoms with E-state index in [2.05, 4.69) is 10.3 Å². The minimum Gasteiger partial charge on any atom is -0.475 e. The van der Waals surface area contributed by atoms with Crippen LogP contribution in [-0.2, 0) is 0 Å². The van der Waals surface area contributed by atoms with Crippen molar-refractivity contribution in [1.82, 2.24) is 4.98 Å². The molecule has 0 atom stereocenters. The molecule has 104 valence electrons. The van der Waals surface area contributed by atoms with E-state index in [0.29, 0.717) is 5.69 Å². The quantitative estimate of drug-likeness (QED) is 0.770. The van der Waals surface area contributed by atoms with Gasteiger partial charge in [0.2, 0.25) is 5.76 Å². The molecule has 0 spiro atoms. The average Bonchev–Trinajstić information content (AvgIpc) is 2.97. The number of rotatable bonds is 3. The molecular weight excluding hydrogens is 272 g/mol. The first-order valence-corrected chi connectivity index (χ1v) is 6.13. The fraction of sp³-hybridized carbons (Fsp3) is 0. The molecule has 0 unspecified atom stereocenters. The molecule has 0 bridgehead atoms. The monoisotopic (exact) mass is 282 g/mol. The third kappa shape index (κ3) is 2.59. The molecule has 21 heavy (non-hydrogen) atoms. The maximum atomic E-state index is 12.0. The number of nitrogens with one attached hydrogen (secondary N) is 1. The van der Waals surface area contributed by atoms with E-state index < -0.39 is 11.9 Å². The first-order valence-electron chi connectivity index (χ1n) is 6.13. The molecule has 1 amide bonds. The number of fused-ring (bicyclic) bond motifs is 1. The van der Waals surface area contributed by atoms with Crippen molar-refractivity contribution in [3.05, 3.63) is 60.2 Å². The predicted molar refractivity (Wildman–Crippen MR) is 75.4 cm³/mol. The summed E-state index contributed by atoms with van der Waals surface area (Å²) in [7, 11) is 0. The molecule has 0 aliphatic carbocycles. The third-order valence-electron chi connectivity index (χ3n) is 2.89. The SMILES string of the molecule is O=C(O)c1ccc(C(=O)Nc2cnc3ccccc3c2)o1. The summed E-state index contributed by atoms with van der Waals surface area (Å²) in [5.41, 5.74) is 1.33. The Hall–Kier alpha value is -3.15. The number of aromatic nitrogens is 1. The van der Waals surface area contributed by atoms with E-state index in [9.17, 15) is 9.59 Å². The summed E-state index contributed by atoms with van der Waals surface area (Å²) in [6.45, 7) is 0. The van der Waals surface area contributed by atoms with Crippen LogP contribution in [0.5, 0.6) is 0 Å². The molecule has 0 radical (unpaired) electrons. The van der Waals surface area contributed by atoms with Gasteiger partial charge in [-0.1, -0.05) is 18.2 Å². The van der Waals surface area contributed by atoms with Gasteiger partial charge in [-0.25, -0.2) is 4.79 Å². The van der Waals surface area contributed by atoms with Crippen molar-refractivity contribution in [2.24, 2.45) is 0 Å². The number of para-hydroxylation sites is 1. The Labute approximate surface area is 119 Å². The van der Waals surface area contributed by atoms with Gasteiger partial charge >= 0.3 is 5.97 Å². The number of amides is 1. The Balaban J connectivity index is 1.83. The number of hydrogen-bond acceptors (Lipinski definition) is 4. The average molecular weight is 282 g/mol. The molecule has 6 heteroatoms. The number of anilines is 1. The third-order valence-corrected chi connectivity index (χ3v) is 2.89. The summed E-state index contributed by atoms with van der Waals surface area (Å²) >= 11 is 0. The molecule has 3 aromatic rings. The summed E-state index contributed by atoms with van der Waals surface area (Å²) in [6, 6.07) is 11.8. The van der Waals surface area contributed by atoms with Gasteiger partial charge < -0.3 is 14.8 Å². The van der Waals surface area contributed by atoms with Crippen molar-refractivity contribution in [3.8, 4) is 0 Å². The van der Waals surface area contributed by atoms with Gasteiger partial charge in [0.25, 0.3) is 5.91 Å². The van der Waals surface area contributed by atoms with Crippen LogP contribution in [0.3, 0.4) is 0 Å². The van der Waals surface area contributed by atoms with Crippen LogP contribution in [0.15, 0.2) is 53.1 Å². The fourth-order valence-corrected chi connectivity index (χ4v) is 1.91. The number of carbonyl (C=O) groups excluding carboxylic acids is 1. The Morgan fingerprint density at radius 3 is 2.62 bits per heavy atom. The zero-order chi connectivity index (χ0) is 14.8. The van der Waals surface area contributed by atoms with Crippen LogP contribution in [-0.4, -0.2) is 22.0 Å². The molecule has 0 fully saturated rings. The second kappa shape index (κ2) is 5.09. The topological polar surface area (TPSA) is 92.4 Å². The van der Waals surface area contributed by atoms with E-state index in [1.54, 1.807) is 6.07 Å². The van der Waals surface area contributed by atoms with E-state index in [-0.39, 0.29) is 11.5 Å². The van der Waals surface area contributed by atoms with Gasteiger partial charge in [0, 0.05) is 5.39 Å². The summed E-state index contributed by atoms with van der Waals surface area (Å²) < 4.78 is 4.93. The van der Waals surface area contributed by atoms with Gasteiger partial charge in [-0.2, -0.15) is 0 Å². The van der Waals surface area contributed by atoms with Gasteiger partial charge in [0.05, 0.1) is 17.4 Å². The summed E-state index contributed by atoms with van der Waals surface area (Å²) in [5.74, 6) is -2.10. The van der Waals surface area contributed by atoms with Crippen LogP contribution in [0.4, 0.5) is 5.69 Å². The van der Waals surface area contributed by atoms with Crippen LogP contribution in [0.1, 0.15) is 21.1 Å². The number of carboxylic acids is 1. The van der Waals surface area contributed by atoms with E-state index >= 15 is 0 Å². The summed E-state index contributed by atoms with van der Waals surface area (Å²) in [4.78, 5) is 26.9. The Kier molecular flexibility index (Phi) is 3.12. The number of hydrogen-bond donors (Lipinski definition) is 2. The van der Waals surface area contributed by atoms with E-state index in [0.717, 1.165) is 10.9 Å². The summed E-state index contributed by atoms with van der Waals surface area (Å²) in [6.07, 6.45) is 1.53. The molecule has 0 saturated heterocycles. The highest BCUT2D eigenvalue weighted by Crippen LogP contribution is 2.17. The van der Waals surface area contributed by atoms with Crippen molar-refractivity contribution < 1.29 is 19.1 Å². The highest BCUT2D eigenvalue weighted by atomic mass is 16.4. The molecule has 0 aliphatic heterocycles. The Bertz CT molecular complexity index is 838. The number of pyridine rings is 1. The maximum Gasteiger partial charge on any atom is 0.371 e. The van der Waals surface area contributed by atoms with Crippen LogP contribution < -0.4 is 5.32 Å². The summed E-state index contributed by atoms with van der Waals surface area (Å²) in [5, 5.41) is 12.3. The first-order chi connectivity index (χ1) is 10.1. The fourth-order valence-electron chi connectivity index (χ4n) is 1.91. The first kappa shape index (κ1) is 12.9. The van der Waals surface area contributed by atoms with Gasteiger partial charge in [-0.05, 0) is 24.3 Å². The molecule has 2 heterocycles. The largest absolute Gasteiger partial charge is 0.475 e. The Morgan fingerprint density at radius 2 is 1.86 bits per heavy atom. The second-order valence-electron chi connectivity index (χ2n) is 4.34. The van der Waals surface area contributed by atoms with E-state index in [1.165, 1.54) is 18.3 Å². The van der Waals surface area contributed by atoms with Crippen molar-refractivity contribution in [2.75, 3.05) is 5.32 Å². The zero-order valence-electron chi connectivity index (χ0n) is 10.7. The van der Waals surface area contributed by atoms with E-state index in [1.807, 2.05) is 24.3 Å². The number of nitrogens with zero attached hydrogens (tertiary/aromatic N) is 1. The number of benzene rings is 1. The molecule has 6 nitrogen and oxygen atoms in total. The highest BCUT2D eigenvalue weighted by Gasteiger charge is 2.15. The molecular formula is C15H10N2O4. The van der Waals surface area contributed by atoms with Gasteiger partial charge in [0.1, 0.15) is 0 Å². The number of carboxylic acid groups (broad SMARTS) is 1. The number of aromatic carboxylic acids is 1. The lowest BCUT2D eigenvalue weighted by Crippen LogP contribution is -2.11. The van der Waals surface area contributed by atoms with Crippen LogP contribution in [0.2, 0.25) is 0 Å². The van der Waals surface area contributed by atoms with Crippen LogP contribution >= 0.6 is 0 Å². The Morgan fingerprint density at radius 1 is 1.10 bits per heavy atom. The van der Waals surface area contributed by atoms with Crippen LogP contribution in [0, 0.1) is 0 Å². The molecule has 0 saturated carbocycles. The van der Waals surface area contributed by atoms with Gasteiger partial charge in [0.15, 0.2) is 5.76 Å². The van der Waals surface area contributed by atoms with Gasteiger partial charge in [-0.15, -0.1) is 0 Å². The minimum absolute atomic E-state index is 0.0689. The van der Waals surface area contributed by atoms with Crippen molar-refractivity contribution in [3.63, 3.8) is 0 Å². The minimum atomic E-state index is -1.22. The van der Waals surface area contributed by atoms with Crippen LogP contribution in [0.25, 0.3) is 10.9 Å². The smallest absolute Gasteiger partial charge is 0.371 e. The predicted octanol–water partition coefficient (Wildman–Crippen LogP) is 2.78. The molecule has 2 N–H and O–H groups in total. The lowest BCUT2D eigenvalue weighted by atomic mass is 10.2. The highest BCUT2D eigenvalue weighted by molar-refractivity contribution is 6.03. The van der Waals surface area contributed by atoms with E-state index in [4.69, 9.17) is 9.52 Å². The van der Waals surface area contributed by atoms with Crippen molar-refractivity contribution in [1.29, 1.82) is 0 Å². The molecule has 2 aromatic heterocycles. The van der Waals surface area contributed by atoms with Crippen molar-refractivity contribution >= 4 is 28.5 Å².